The van der Waals surface area contributed by atoms with Crippen LogP contribution in [0.3, 0.4) is 0 Å². The van der Waals surface area contributed by atoms with E-state index >= 15 is 0 Å². The van der Waals surface area contributed by atoms with Crippen LogP contribution in [0.2, 0.25) is 0 Å². The van der Waals surface area contributed by atoms with Gasteiger partial charge in [0.15, 0.2) is 0 Å². The molecule has 2 rings (SSSR count). The van der Waals surface area contributed by atoms with Crippen LogP contribution in [0.15, 0.2) is 42.6 Å². The number of carbonyl (C=O) groups is 1. The summed E-state index contributed by atoms with van der Waals surface area (Å²) in [5, 5.41) is 8.16. The summed E-state index contributed by atoms with van der Waals surface area (Å²) < 4.78 is 13.6. The molecular formula is C15H17FN4O. The highest BCUT2D eigenvalue weighted by molar-refractivity contribution is 5.89. The average molecular weight is 288 g/mol. The fourth-order valence-corrected chi connectivity index (χ4v) is 1.72. The Morgan fingerprint density at radius 1 is 1.24 bits per heavy atom. The molecule has 0 saturated heterocycles. The van der Waals surface area contributed by atoms with Crippen molar-refractivity contribution >= 4 is 17.5 Å². The lowest BCUT2D eigenvalue weighted by atomic mass is 10.2. The van der Waals surface area contributed by atoms with Crippen molar-refractivity contribution in [1.82, 2.24) is 10.3 Å². The molecule has 0 aliphatic rings. The van der Waals surface area contributed by atoms with Gasteiger partial charge in [0.25, 0.3) is 0 Å². The molecule has 1 aromatic heterocycles. The van der Waals surface area contributed by atoms with Gasteiger partial charge in [-0.2, -0.15) is 0 Å². The van der Waals surface area contributed by atoms with Crippen molar-refractivity contribution in [2.75, 3.05) is 23.7 Å². The number of hydrogen-bond donors (Lipinski definition) is 3. The van der Waals surface area contributed by atoms with E-state index < -0.39 is 11.8 Å². The standard InChI is InChI=1S/C15H17FN4O/c1-11-5-6-13(12(16)10-11)20-15(21)19-9-8-18-14-4-2-3-7-17-14/h2-7,10H,8-9H2,1H3,(H,17,18)(H2,19,20,21). The van der Waals surface area contributed by atoms with Gasteiger partial charge >= 0.3 is 6.03 Å². The number of nitrogens with zero attached hydrogens (tertiary/aromatic N) is 1. The zero-order valence-electron chi connectivity index (χ0n) is 11.7. The molecule has 0 radical (unpaired) electrons. The van der Waals surface area contributed by atoms with Crippen LogP contribution in [-0.2, 0) is 0 Å². The van der Waals surface area contributed by atoms with Gasteiger partial charge in [0, 0.05) is 19.3 Å². The third-order valence-corrected chi connectivity index (χ3v) is 2.75. The molecule has 0 unspecified atom stereocenters. The first-order valence-electron chi connectivity index (χ1n) is 6.61. The highest BCUT2D eigenvalue weighted by Gasteiger charge is 2.06. The number of rotatable bonds is 5. The highest BCUT2D eigenvalue weighted by Crippen LogP contribution is 2.14. The van der Waals surface area contributed by atoms with E-state index in [9.17, 15) is 9.18 Å². The number of halogens is 1. The average Bonchev–Trinajstić information content (AvgIpc) is 2.48. The first-order valence-corrected chi connectivity index (χ1v) is 6.61. The molecule has 0 fully saturated rings. The second-order valence-corrected chi connectivity index (χ2v) is 4.51. The summed E-state index contributed by atoms with van der Waals surface area (Å²) >= 11 is 0. The highest BCUT2D eigenvalue weighted by atomic mass is 19.1. The number of anilines is 2. The monoisotopic (exact) mass is 288 g/mol. The summed E-state index contributed by atoms with van der Waals surface area (Å²) in [5.41, 5.74) is 0.966. The van der Waals surface area contributed by atoms with E-state index in [2.05, 4.69) is 20.9 Å². The molecule has 2 amide bonds. The molecule has 1 aromatic carbocycles. The maximum absolute atomic E-state index is 13.6. The Hall–Kier alpha value is -2.63. The quantitative estimate of drug-likeness (QED) is 0.741. The van der Waals surface area contributed by atoms with Crippen molar-refractivity contribution < 1.29 is 9.18 Å². The Bertz CT molecular complexity index is 604. The first kappa shape index (κ1) is 14.8. The molecule has 0 bridgehead atoms. The summed E-state index contributed by atoms with van der Waals surface area (Å²) in [6.45, 7) is 2.72. The molecule has 1 heterocycles. The van der Waals surface area contributed by atoms with E-state index in [0.717, 1.165) is 11.4 Å². The molecule has 5 nitrogen and oxygen atoms in total. The molecule has 0 spiro atoms. The summed E-state index contributed by atoms with van der Waals surface area (Å²) in [5.74, 6) is 0.293. The number of urea groups is 1. The number of carbonyl (C=O) groups excluding carboxylic acids is 1. The number of hydrogen-bond acceptors (Lipinski definition) is 3. The zero-order chi connectivity index (χ0) is 15.1. The Morgan fingerprint density at radius 2 is 2.10 bits per heavy atom. The molecule has 0 aliphatic carbocycles. The number of aromatic nitrogens is 1. The Balaban J connectivity index is 1.72. The summed E-state index contributed by atoms with van der Waals surface area (Å²) in [6, 6.07) is 9.74. The van der Waals surface area contributed by atoms with E-state index in [1.807, 2.05) is 18.2 Å². The molecule has 3 N–H and O–H groups in total. The molecular weight excluding hydrogens is 271 g/mol. The van der Waals surface area contributed by atoms with Crippen LogP contribution in [0.5, 0.6) is 0 Å². The third-order valence-electron chi connectivity index (χ3n) is 2.75. The predicted molar refractivity (Wildman–Crippen MR) is 80.9 cm³/mol. The van der Waals surface area contributed by atoms with Gasteiger partial charge in [-0.3, -0.25) is 0 Å². The fraction of sp³-hybridized carbons (Fsp3) is 0.200. The molecule has 110 valence electrons. The van der Waals surface area contributed by atoms with Crippen molar-refractivity contribution in [1.29, 1.82) is 0 Å². The van der Waals surface area contributed by atoms with Crippen molar-refractivity contribution in [3.63, 3.8) is 0 Å². The van der Waals surface area contributed by atoms with Crippen LogP contribution < -0.4 is 16.0 Å². The molecule has 6 heteroatoms. The van der Waals surface area contributed by atoms with E-state index in [-0.39, 0.29) is 5.69 Å². The predicted octanol–water partition coefficient (Wildman–Crippen LogP) is 2.76. The normalized spacial score (nSPS) is 10.0. The summed E-state index contributed by atoms with van der Waals surface area (Å²) in [4.78, 5) is 15.7. The number of benzene rings is 1. The van der Waals surface area contributed by atoms with Gasteiger partial charge in [0.05, 0.1) is 5.69 Å². The maximum atomic E-state index is 13.6. The minimum Gasteiger partial charge on any atom is -0.368 e. The SMILES string of the molecule is Cc1ccc(NC(=O)NCCNc2ccccn2)c(F)c1. The molecule has 0 aliphatic heterocycles. The summed E-state index contributed by atoms with van der Waals surface area (Å²) in [7, 11) is 0. The number of nitrogens with one attached hydrogen (secondary N) is 3. The van der Waals surface area contributed by atoms with Crippen LogP contribution >= 0.6 is 0 Å². The molecule has 21 heavy (non-hydrogen) atoms. The minimum atomic E-state index is -0.447. The lowest BCUT2D eigenvalue weighted by Gasteiger charge is -2.09. The van der Waals surface area contributed by atoms with Crippen LogP contribution in [-0.4, -0.2) is 24.1 Å². The van der Waals surface area contributed by atoms with Crippen molar-refractivity contribution in [2.24, 2.45) is 0 Å². The van der Waals surface area contributed by atoms with Gasteiger partial charge < -0.3 is 16.0 Å². The van der Waals surface area contributed by atoms with Gasteiger partial charge in [0.1, 0.15) is 11.6 Å². The number of aryl methyl sites for hydroxylation is 1. The van der Waals surface area contributed by atoms with Crippen LogP contribution in [0, 0.1) is 12.7 Å². The first-order chi connectivity index (χ1) is 10.1. The van der Waals surface area contributed by atoms with E-state index in [1.165, 1.54) is 12.1 Å². The molecule has 0 saturated carbocycles. The van der Waals surface area contributed by atoms with E-state index in [0.29, 0.717) is 13.1 Å². The van der Waals surface area contributed by atoms with Crippen molar-refractivity contribution in [3.8, 4) is 0 Å². The maximum Gasteiger partial charge on any atom is 0.319 e. The van der Waals surface area contributed by atoms with Gasteiger partial charge in [0.2, 0.25) is 0 Å². The Kier molecular flexibility index (Phi) is 5.09. The minimum absolute atomic E-state index is 0.163. The van der Waals surface area contributed by atoms with Crippen molar-refractivity contribution in [2.45, 2.75) is 6.92 Å². The second-order valence-electron chi connectivity index (χ2n) is 4.51. The number of pyridine rings is 1. The van der Waals surface area contributed by atoms with Gasteiger partial charge in [-0.15, -0.1) is 0 Å². The lowest BCUT2D eigenvalue weighted by molar-refractivity contribution is 0.252. The van der Waals surface area contributed by atoms with Gasteiger partial charge in [-0.25, -0.2) is 14.2 Å². The van der Waals surface area contributed by atoms with Crippen molar-refractivity contribution in [3.05, 3.63) is 54.0 Å². The lowest BCUT2D eigenvalue weighted by Crippen LogP contribution is -2.33. The van der Waals surface area contributed by atoms with Crippen LogP contribution in [0.1, 0.15) is 5.56 Å². The summed E-state index contributed by atoms with van der Waals surface area (Å²) in [6.07, 6.45) is 1.68. The number of amides is 2. The van der Waals surface area contributed by atoms with E-state index in [4.69, 9.17) is 0 Å². The Morgan fingerprint density at radius 3 is 2.81 bits per heavy atom. The third kappa shape index (κ3) is 4.76. The molecule has 2 aromatic rings. The zero-order valence-corrected chi connectivity index (χ0v) is 11.7. The van der Waals surface area contributed by atoms with Gasteiger partial charge in [-0.05, 0) is 36.8 Å². The van der Waals surface area contributed by atoms with E-state index in [1.54, 1.807) is 19.2 Å². The molecule has 0 atom stereocenters. The topological polar surface area (TPSA) is 66.1 Å². The second kappa shape index (κ2) is 7.23. The van der Waals surface area contributed by atoms with Crippen LogP contribution in [0.25, 0.3) is 0 Å². The van der Waals surface area contributed by atoms with Gasteiger partial charge in [-0.1, -0.05) is 12.1 Å². The fourth-order valence-electron chi connectivity index (χ4n) is 1.72. The largest absolute Gasteiger partial charge is 0.368 e. The Labute approximate surface area is 122 Å². The smallest absolute Gasteiger partial charge is 0.319 e. The van der Waals surface area contributed by atoms with Crippen LogP contribution in [0.4, 0.5) is 20.7 Å².